The fourth-order valence-corrected chi connectivity index (χ4v) is 4.24. The summed E-state index contributed by atoms with van der Waals surface area (Å²) in [4.78, 5) is 0. The molecule has 2 aromatic carbocycles. The molecular weight excluding hydrogens is 268 g/mol. The van der Waals surface area contributed by atoms with Gasteiger partial charge in [0.15, 0.2) is 6.20 Å². The van der Waals surface area contributed by atoms with Gasteiger partial charge in [0.25, 0.3) is 6.67 Å². The summed E-state index contributed by atoms with van der Waals surface area (Å²) in [6, 6.07) is 17.7. The smallest absolute Gasteiger partial charge is 0.234 e. The number of quaternary nitrogens is 1. The van der Waals surface area contributed by atoms with Crippen LogP contribution in [0.1, 0.15) is 16.7 Å². The average molecular weight is 290 g/mol. The van der Waals surface area contributed by atoms with Crippen LogP contribution in [0, 0.1) is 13.8 Å². The van der Waals surface area contributed by atoms with Crippen LogP contribution in [0.4, 0.5) is 5.69 Å². The van der Waals surface area contributed by atoms with E-state index < -0.39 is 0 Å². The molecule has 4 rings (SSSR count). The monoisotopic (exact) mass is 290 g/mol. The zero-order chi connectivity index (χ0) is 15.3. The van der Waals surface area contributed by atoms with Crippen molar-refractivity contribution in [2.75, 3.05) is 7.05 Å². The normalized spacial score (nSPS) is 20.3. The molecule has 1 aliphatic heterocycles. The van der Waals surface area contributed by atoms with Gasteiger partial charge in [-0.1, -0.05) is 24.3 Å². The molecule has 0 bridgehead atoms. The molecule has 0 spiro atoms. The number of benzene rings is 2. The van der Waals surface area contributed by atoms with Gasteiger partial charge in [-0.2, -0.15) is 0 Å². The maximum atomic E-state index is 2.42. The Labute approximate surface area is 131 Å². The van der Waals surface area contributed by atoms with Gasteiger partial charge < -0.3 is 0 Å². The summed E-state index contributed by atoms with van der Waals surface area (Å²) in [5.74, 6) is 0. The predicted octanol–water partition coefficient (Wildman–Crippen LogP) is 3.85. The highest BCUT2D eigenvalue weighted by atomic mass is 15.4. The van der Waals surface area contributed by atoms with Crippen LogP contribution in [0.15, 0.2) is 54.7 Å². The number of rotatable bonds is 1. The number of nitrogens with zero attached hydrogens (tertiary/aromatic N) is 2. The van der Waals surface area contributed by atoms with Crippen molar-refractivity contribution in [3.05, 3.63) is 71.4 Å². The lowest BCUT2D eigenvalue weighted by molar-refractivity contribution is -0.692. The van der Waals surface area contributed by atoms with Crippen molar-refractivity contribution in [3.63, 3.8) is 0 Å². The van der Waals surface area contributed by atoms with Crippen molar-refractivity contribution >= 4 is 16.6 Å². The van der Waals surface area contributed by atoms with Crippen LogP contribution < -0.4 is 9.05 Å². The molecule has 0 saturated heterocycles. The van der Waals surface area contributed by atoms with Crippen LogP contribution in [0.3, 0.4) is 0 Å². The molecule has 2 heteroatoms. The molecule has 0 radical (unpaired) electrons. The molecule has 0 fully saturated rings. The highest BCUT2D eigenvalue weighted by molar-refractivity contribution is 5.79. The van der Waals surface area contributed by atoms with Crippen molar-refractivity contribution in [2.45, 2.75) is 27.1 Å². The molecule has 2 heterocycles. The summed E-state index contributed by atoms with van der Waals surface area (Å²) < 4.78 is 3.35. The van der Waals surface area contributed by atoms with E-state index in [-0.39, 0.29) is 0 Å². The molecule has 2 nitrogen and oxygen atoms in total. The first-order valence-electron chi connectivity index (χ1n) is 7.90. The van der Waals surface area contributed by atoms with Crippen LogP contribution in [0.2, 0.25) is 0 Å². The standard InChI is InChI=1S/C20H22N2/c1-15-7-4-8-16(2)20(15)22(3)13-18-10-5-9-17-11-6-12-21(14-22)19(17)18/h4-12H,13-14H2,1-3H3/q+2/t22-/m1/s1. The van der Waals surface area contributed by atoms with Crippen LogP contribution >= 0.6 is 0 Å². The SMILES string of the molecule is Cc1cccc(C)c1[N@+]1(C)Cc2cccc3ccc[n+](c23)C1. The molecular formula is C20H22N2+2. The molecule has 0 unspecified atom stereocenters. The van der Waals surface area contributed by atoms with Crippen molar-refractivity contribution in [1.29, 1.82) is 0 Å². The van der Waals surface area contributed by atoms with E-state index in [1.807, 2.05) is 0 Å². The lowest BCUT2D eigenvalue weighted by Gasteiger charge is -2.35. The summed E-state index contributed by atoms with van der Waals surface area (Å²) in [6.07, 6.45) is 2.22. The van der Waals surface area contributed by atoms with E-state index >= 15 is 0 Å². The number of aryl methyl sites for hydroxylation is 2. The molecule has 1 atom stereocenters. The fourth-order valence-electron chi connectivity index (χ4n) is 4.24. The average Bonchev–Trinajstić information content (AvgIpc) is 2.47. The van der Waals surface area contributed by atoms with Gasteiger partial charge in [-0.25, -0.2) is 4.48 Å². The summed E-state index contributed by atoms with van der Waals surface area (Å²) in [5, 5.41) is 1.34. The first-order chi connectivity index (χ1) is 10.6. The zero-order valence-electron chi connectivity index (χ0n) is 13.5. The van der Waals surface area contributed by atoms with Gasteiger partial charge in [0.2, 0.25) is 5.52 Å². The van der Waals surface area contributed by atoms with Gasteiger partial charge in [-0.15, -0.1) is 4.57 Å². The van der Waals surface area contributed by atoms with Gasteiger partial charge in [-0.05, 0) is 32.0 Å². The van der Waals surface area contributed by atoms with E-state index in [0.717, 1.165) is 17.7 Å². The number of aromatic nitrogens is 1. The second-order valence-electron chi connectivity index (χ2n) is 6.77. The maximum absolute atomic E-state index is 2.42. The molecule has 1 aromatic heterocycles. The van der Waals surface area contributed by atoms with Crippen LogP contribution in [0.5, 0.6) is 0 Å². The molecule has 1 aliphatic rings. The minimum absolute atomic E-state index is 0.930. The van der Waals surface area contributed by atoms with Crippen LogP contribution in [-0.2, 0) is 13.2 Å². The molecule has 0 amide bonds. The first-order valence-corrected chi connectivity index (χ1v) is 7.90. The summed E-state index contributed by atoms with van der Waals surface area (Å²) >= 11 is 0. The number of hydrogen-bond acceptors (Lipinski definition) is 0. The van der Waals surface area contributed by atoms with Gasteiger partial charge in [0.1, 0.15) is 12.2 Å². The summed E-state index contributed by atoms with van der Waals surface area (Å²) in [7, 11) is 2.36. The summed E-state index contributed by atoms with van der Waals surface area (Å²) in [5.41, 5.74) is 7.06. The van der Waals surface area contributed by atoms with E-state index in [4.69, 9.17) is 0 Å². The van der Waals surface area contributed by atoms with Gasteiger partial charge in [0.05, 0.1) is 12.6 Å². The Balaban J connectivity index is 1.94. The van der Waals surface area contributed by atoms with Crippen molar-refractivity contribution < 1.29 is 4.57 Å². The van der Waals surface area contributed by atoms with E-state index in [0.29, 0.717) is 0 Å². The fraction of sp³-hybridized carbons (Fsp3) is 0.250. The number of pyridine rings is 1. The Morgan fingerprint density at radius 1 is 0.909 bits per heavy atom. The lowest BCUT2D eigenvalue weighted by atomic mass is 10.0. The third-order valence-electron chi connectivity index (χ3n) is 4.94. The molecule has 22 heavy (non-hydrogen) atoms. The Hall–Kier alpha value is -2.19. The molecule has 110 valence electrons. The van der Waals surface area contributed by atoms with E-state index in [1.165, 1.54) is 33.3 Å². The topological polar surface area (TPSA) is 3.88 Å². The Bertz CT molecular complexity index is 819. The van der Waals surface area contributed by atoms with Crippen molar-refractivity contribution in [2.24, 2.45) is 0 Å². The quantitative estimate of drug-likeness (QED) is 0.473. The summed E-state index contributed by atoms with van der Waals surface area (Å²) in [6.45, 7) is 6.50. The van der Waals surface area contributed by atoms with Gasteiger partial charge >= 0.3 is 0 Å². The molecule has 0 saturated carbocycles. The number of para-hydroxylation sites is 2. The van der Waals surface area contributed by atoms with Crippen molar-refractivity contribution in [3.8, 4) is 0 Å². The Kier molecular flexibility index (Phi) is 2.85. The molecule has 3 aromatic rings. The van der Waals surface area contributed by atoms with Crippen LogP contribution in [-0.4, -0.2) is 7.05 Å². The van der Waals surface area contributed by atoms with E-state index in [9.17, 15) is 0 Å². The maximum Gasteiger partial charge on any atom is 0.281 e. The van der Waals surface area contributed by atoms with Gasteiger partial charge in [0, 0.05) is 22.6 Å². The predicted molar refractivity (Wildman–Crippen MR) is 91.5 cm³/mol. The lowest BCUT2D eigenvalue weighted by Crippen LogP contribution is -2.59. The molecule has 0 N–H and O–H groups in total. The minimum Gasteiger partial charge on any atom is -0.234 e. The highest BCUT2D eigenvalue weighted by Gasteiger charge is 2.38. The number of hydrogen-bond donors (Lipinski definition) is 0. The van der Waals surface area contributed by atoms with Crippen molar-refractivity contribution in [1.82, 2.24) is 4.48 Å². The Morgan fingerprint density at radius 3 is 2.36 bits per heavy atom. The molecule has 0 aliphatic carbocycles. The largest absolute Gasteiger partial charge is 0.281 e. The zero-order valence-corrected chi connectivity index (χ0v) is 13.5. The Morgan fingerprint density at radius 2 is 1.59 bits per heavy atom. The second kappa shape index (κ2) is 4.65. The van der Waals surface area contributed by atoms with Crippen LogP contribution in [0.25, 0.3) is 10.9 Å². The first kappa shape index (κ1) is 13.5. The third-order valence-corrected chi connectivity index (χ3v) is 4.94. The highest BCUT2D eigenvalue weighted by Crippen LogP contribution is 2.34. The third kappa shape index (κ3) is 1.87. The minimum atomic E-state index is 0.930. The van der Waals surface area contributed by atoms with E-state index in [2.05, 4.69) is 80.2 Å². The van der Waals surface area contributed by atoms with Gasteiger partial charge in [-0.3, -0.25) is 0 Å². The van der Waals surface area contributed by atoms with E-state index in [1.54, 1.807) is 0 Å². The second-order valence-corrected chi connectivity index (χ2v) is 6.77.